The topological polar surface area (TPSA) is 40.5 Å². The van der Waals surface area contributed by atoms with Gasteiger partial charge in [0.05, 0.1) is 6.10 Å². The van der Waals surface area contributed by atoms with Gasteiger partial charge in [0.1, 0.15) is 5.75 Å². The van der Waals surface area contributed by atoms with E-state index in [9.17, 15) is 10.2 Å². The van der Waals surface area contributed by atoms with Crippen LogP contribution in [0.5, 0.6) is 5.75 Å². The molecule has 1 aromatic rings. The lowest BCUT2D eigenvalue weighted by molar-refractivity contribution is -0.0396. The monoisotopic (exact) mass is 426 g/mol. The number of hydrogen-bond donors (Lipinski definition) is 2. The highest BCUT2D eigenvalue weighted by molar-refractivity contribution is 5.40. The van der Waals surface area contributed by atoms with Crippen molar-refractivity contribution < 1.29 is 10.2 Å². The lowest BCUT2D eigenvalue weighted by atomic mass is 9.52. The zero-order chi connectivity index (χ0) is 21.8. The van der Waals surface area contributed by atoms with Gasteiger partial charge in [-0.2, -0.15) is 0 Å². The highest BCUT2D eigenvalue weighted by Crippen LogP contribution is 2.62. The van der Waals surface area contributed by atoms with Gasteiger partial charge in [0.2, 0.25) is 0 Å². The Morgan fingerprint density at radius 1 is 0.935 bits per heavy atom. The first kappa shape index (κ1) is 23.1. The summed E-state index contributed by atoms with van der Waals surface area (Å²) in [4.78, 5) is 0. The summed E-state index contributed by atoms with van der Waals surface area (Å²) in [5.74, 6) is 3.18. The van der Waals surface area contributed by atoms with Crippen molar-refractivity contribution in [3.63, 3.8) is 0 Å². The van der Waals surface area contributed by atoms with E-state index in [1.54, 1.807) is 0 Å². The van der Waals surface area contributed by atoms with Crippen LogP contribution >= 0.6 is 0 Å². The molecule has 0 saturated heterocycles. The fourth-order valence-electron chi connectivity index (χ4n) is 7.75. The predicted molar refractivity (Wildman–Crippen MR) is 129 cm³/mol. The maximum atomic E-state index is 10.8. The summed E-state index contributed by atoms with van der Waals surface area (Å²) < 4.78 is 0. The van der Waals surface area contributed by atoms with Gasteiger partial charge in [0, 0.05) is 0 Å². The molecule has 3 aliphatic rings. The van der Waals surface area contributed by atoms with Gasteiger partial charge in [-0.25, -0.2) is 0 Å². The van der Waals surface area contributed by atoms with E-state index in [2.05, 4.69) is 19.9 Å². The molecule has 2 nitrogen and oxygen atoms in total. The summed E-state index contributed by atoms with van der Waals surface area (Å²) in [6.45, 7) is 4.67. The van der Waals surface area contributed by atoms with Crippen LogP contribution in [0.3, 0.4) is 0 Å². The van der Waals surface area contributed by atoms with Gasteiger partial charge < -0.3 is 10.2 Å². The average molecular weight is 427 g/mol. The molecule has 0 amide bonds. The number of phenols is 1. The number of rotatable bonds is 10. The van der Waals surface area contributed by atoms with E-state index >= 15 is 0 Å². The summed E-state index contributed by atoms with van der Waals surface area (Å²) in [7, 11) is 0. The molecule has 2 heteroatoms. The molecule has 0 bridgehead atoms. The van der Waals surface area contributed by atoms with E-state index < -0.39 is 0 Å². The van der Waals surface area contributed by atoms with Crippen LogP contribution in [-0.4, -0.2) is 16.3 Å². The third-order valence-electron chi connectivity index (χ3n) is 9.51. The molecule has 2 fully saturated rings. The lowest BCUT2D eigenvalue weighted by Gasteiger charge is -2.53. The quantitative estimate of drug-likeness (QED) is 0.375. The number of hydrogen-bond acceptors (Lipinski definition) is 2. The van der Waals surface area contributed by atoms with Crippen molar-refractivity contribution in [2.24, 2.45) is 23.2 Å². The number of fused-ring (bicyclic) bond motifs is 5. The molecule has 174 valence electrons. The van der Waals surface area contributed by atoms with Crippen molar-refractivity contribution in [2.75, 3.05) is 0 Å². The molecule has 0 unspecified atom stereocenters. The standard InChI is InChI=1S/C29H46O2/c1-3-4-5-6-7-8-9-10-11-12-21-19-22-20-23(30)13-14-24(22)25-17-18-29(2)26(28(21)25)15-16-27(29)31/h13-14,20-21,25-28,30-31H,3-12,15-19H2,1-2H3/t21-,25-,26+,27+,28-,29+/m1/s1. The molecule has 4 rings (SSSR count). The van der Waals surface area contributed by atoms with Crippen LogP contribution in [0.15, 0.2) is 18.2 Å². The maximum absolute atomic E-state index is 10.8. The molecular formula is C29H46O2. The van der Waals surface area contributed by atoms with Gasteiger partial charge in [0.25, 0.3) is 0 Å². The lowest BCUT2D eigenvalue weighted by Crippen LogP contribution is -2.47. The van der Waals surface area contributed by atoms with Crippen molar-refractivity contribution in [3.05, 3.63) is 29.3 Å². The van der Waals surface area contributed by atoms with Gasteiger partial charge in [-0.1, -0.05) is 77.7 Å². The smallest absolute Gasteiger partial charge is 0.115 e. The predicted octanol–water partition coefficient (Wildman–Crippen LogP) is 7.76. The highest BCUT2D eigenvalue weighted by Gasteiger charge is 2.56. The second-order valence-corrected chi connectivity index (χ2v) is 11.4. The number of aliphatic hydroxyl groups excluding tert-OH is 1. The fourth-order valence-corrected chi connectivity index (χ4v) is 7.75. The molecule has 0 aliphatic heterocycles. The molecule has 0 spiro atoms. The van der Waals surface area contributed by atoms with Crippen LogP contribution in [0.25, 0.3) is 0 Å². The van der Waals surface area contributed by atoms with Gasteiger partial charge in [0.15, 0.2) is 0 Å². The summed E-state index contributed by atoms with van der Waals surface area (Å²) in [5, 5.41) is 20.9. The molecule has 3 aliphatic carbocycles. The Bertz CT molecular complexity index is 713. The van der Waals surface area contributed by atoms with Gasteiger partial charge >= 0.3 is 0 Å². The van der Waals surface area contributed by atoms with Crippen molar-refractivity contribution in [1.29, 1.82) is 0 Å². The first-order valence-electron chi connectivity index (χ1n) is 13.5. The molecule has 31 heavy (non-hydrogen) atoms. The summed E-state index contributed by atoms with van der Waals surface area (Å²) in [5.41, 5.74) is 3.05. The number of unbranched alkanes of at least 4 members (excludes halogenated alkanes) is 8. The number of aromatic hydroxyl groups is 1. The number of phenolic OH excluding ortho intramolecular Hbond substituents is 1. The van der Waals surface area contributed by atoms with Crippen LogP contribution in [0.4, 0.5) is 0 Å². The van der Waals surface area contributed by atoms with E-state index in [0.717, 1.165) is 31.1 Å². The molecule has 1 aromatic carbocycles. The zero-order valence-electron chi connectivity index (χ0n) is 20.1. The highest BCUT2D eigenvalue weighted by atomic mass is 16.3. The molecule has 2 N–H and O–H groups in total. The van der Waals surface area contributed by atoms with E-state index in [4.69, 9.17) is 0 Å². The molecule has 0 heterocycles. The van der Waals surface area contributed by atoms with E-state index in [1.807, 2.05) is 12.1 Å². The summed E-state index contributed by atoms with van der Waals surface area (Å²) in [6, 6.07) is 6.16. The van der Waals surface area contributed by atoms with Crippen LogP contribution in [0, 0.1) is 23.2 Å². The Kier molecular flexibility index (Phi) is 7.68. The van der Waals surface area contributed by atoms with Crippen LogP contribution in [0.1, 0.15) is 121 Å². The van der Waals surface area contributed by atoms with Gasteiger partial charge in [-0.3, -0.25) is 0 Å². The Hall–Kier alpha value is -1.02. The Morgan fingerprint density at radius 2 is 1.65 bits per heavy atom. The average Bonchev–Trinajstić information content (AvgIpc) is 3.06. The third-order valence-corrected chi connectivity index (χ3v) is 9.51. The van der Waals surface area contributed by atoms with Gasteiger partial charge in [-0.05, 0) is 90.9 Å². The van der Waals surface area contributed by atoms with Crippen LogP contribution in [0.2, 0.25) is 0 Å². The molecule has 2 saturated carbocycles. The number of aliphatic hydroxyl groups is 1. The van der Waals surface area contributed by atoms with Crippen LogP contribution in [-0.2, 0) is 6.42 Å². The third kappa shape index (κ3) is 4.85. The molecule has 0 radical (unpaired) electrons. The van der Waals surface area contributed by atoms with Crippen LogP contribution < -0.4 is 0 Å². The van der Waals surface area contributed by atoms with Crippen molar-refractivity contribution in [3.8, 4) is 5.75 Å². The van der Waals surface area contributed by atoms with E-state index in [-0.39, 0.29) is 11.5 Å². The minimum atomic E-state index is -0.104. The SMILES string of the molecule is CCCCCCCCCCC[C@@H]1Cc2cc(O)ccc2[C@H]2CC[C@]3(C)[C@@H](O)CC[C@H]3[C@H]12. The molecule has 0 aromatic heterocycles. The van der Waals surface area contributed by atoms with Gasteiger partial charge in [-0.15, -0.1) is 0 Å². The minimum absolute atomic E-state index is 0.104. The summed E-state index contributed by atoms with van der Waals surface area (Å²) >= 11 is 0. The van der Waals surface area contributed by atoms with Crippen molar-refractivity contribution in [2.45, 2.75) is 122 Å². The molecule has 6 atom stereocenters. The first-order valence-corrected chi connectivity index (χ1v) is 13.5. The van der Waals surface area contributed by atoms with Crippen molar-refractivity contribution in [1.82, 2.24) is 0 Å². The molecular weight excluding hydrogens is 380 g/mol. The summed E-state index contributed by atoms with van der Waals surface area (Å²) in [6.07, 6.45) is 19.4. The first-order chi connectivity index (χ1) is 15.0. The van der Waals surface area contributed by atoms with E-state index in [1.165, 1.54) is 88.2 Å². The Labute approximate surface area is 190 Å². The van der Waals surface area contributed by atoms with E-state index in [0.29, 0.717) is 17.6 Å². The second-order valence-electron chi connectivity index (χ2n) is 11.4. The normalized spacial score (nSPS) is 34.2. The number of benzene rings is 1. The zero-order valence-corrected chi connectivity index (χ0v) is 20.1. The largest absolute Gasteiger partial charge is 0.508 e. The maximum Gasteiger partial charge on any atom is 0.115 e. The van der Waals surface area contributed by atoms with Crippen molar-refractivity contribution >= 4 is 0 Å². The Morgan fingerprint density at radius 3 is 2.39 bits per heavy atom. The Balaban J connectivity index is 1.39. The second kappa shape index (κ2) is 10.3. The minimum Gasteiger partial charge on any atom is -0.508 e. The fraction of sp³-hybridized carbons (Fsp3) is 0.793.